The van der Waals surface area contributed by atoms with E-state index in [1.54, 1.807) is 0 Å². The highest BCUT2D eigenvalue weighted by molar-refractivity contribution is 7.47. The molecule has 0 aromatic rings. The molecule has 9 nitrogen and oxygen atoms in total. The minimum Gasteiger partial charge on any atom is -0.462 e. The number of hydrogen-bond acceptors (Lipinski definition) is 7. The van der Waals surface area contributed by atoms with Gasteiger partial charge in [-0.3, -0.25) is 18.6 Å². The molecular formula is C77H151NO8P+. The molecule has 0 bridgehead atoms. The smallest absolute Gasteiger partial charge is 0.462 e. The molecule has 0 amide bonds. The van der Waals surface area contributed by atoms with Gasteiger partial charge in [0.25, 0.3) is 0 Å². The lowest BCUT2D eigenvalue weighted by atomic mass is 10.0. The number of esters is 2. The van der Waals surface area contributed by atoms with Gasteiger partial charge < -0.3 is 18.9 Å². The van der Waals surface area contributed by atoms with E-state index in [1.165, 1.54) is 334 Å². The highest BCUT2D eigenvalue weighted by atomic mass is 31.2. The van der Waals surface area contributed by atoms with Gasteiger partial charge in [0.1, 0.15) is 19.8 Å². The number of allylic oxidation sites excluding steroid dienone is 4. The molecule has 0 rings (SSSR count). The van der Waals surface area contributed by atoms with Crippen molar-refractivity contribution < 1.29 is 42.1 Å². The third-order valence-electron chi connectivity index (χ3n) is 17.7. The number of quaternary nitrogens is 1. The van der Waals surface area contributed by atoms with Gasteiger partial charge in [0.15, 0.2) is 6.10 Å². The molecule has 0 radical (unpaired) electrons. The molecule has 1 N–H and O–H groups in total. The summed E-state index contributed by atoms with van der Waals surface area (Å²) in [6.07, 6.45) is 87.5. The summed E-state index contributed by atoms with van der Waals surface area (Å²) in [5.74, 6) is -0.769. The number of carbonyl (C=O) groups excluding carboxylic acids is 2. The van der Waals surface area contributed by atoms with Crippen LogP contribution in [0.1, 0.15) is 406 Å². The van der Waals surface area contributed by atoms with E-state index in [9.17, 15) is 19.0 Å². The van der Waals surface area contributed by atoms with Gasteiger partial charge in [0, 0.05) is 12.8 Å². The van der Waals surface area contributed by atoms with Crippen molar-refractivity contribution in [3.63, 3.8) is 0 Å². The molecule has 0 aliphatic heterocycles. The van der Waals surface area contributed by atoms with Gasteiger partial charge in [0.2, 0.25) is 0 Å². The van der Waals surface area contributed by atoms with Gasteiger partial charge in [-0.1, -0.05) is 372 Å². The summed E-state index contributed by atoms with van der Waals surface area (Å²) < 4.78 is 34.8. The van der Waals surface area contributed by atoms with E-state index in [4.69, 9.17) is 18.5 Å². The Balaban J connectivity index is 3.86. The van der Waals surface area contributed by atoms with Crippen molar-refractivity contribution >= 4 is 19.8 Å². The van der Waals surface area contributed by atoms with E-state index in [1.807, 2.05) is 21.1 Å². The number of hydrogen-bond donors (Lipinski definition) is 1. The summed E-state index contributed by atoms with van der Waals surface area (Å²) in [5, 5.41) is 0. The van der Waals surface area contributed by atoms with Crippen LogP contribution in [-0.2, 0) is 32.7 Å². The van der Waals surface area contributed by atoms with E-state index < -0.39 is 26.5 Å². The van der Waals surface area contributed by atoms with Crippen molar-refractivity contribution in [1.29, 1.82) is 0 Å². The number of unbranched alkanes of at least 4 members (excludes halogenated alkanes) is 55. The Morgan fingerprint density at radius 1 is 0.356 bits per heavy atom. The maximum atomic E-state index is 12.9. The van der Waals surface area contributed by atoms with Gasteiger partial charge in [-0.25, -0.2) is 4.57 Å². The topological polar surface area (TPSA) is 108 Å². The molecule has 2 atom stereocenters. The molecular weight excluding hydrogens is 1100 g/mol. The maximum absolute atomic E-state index is 12.9. The van der Waals surface area contributed by atoms with E-state index in [-0.39, 0.29) is 25.6 Å². The third-order valence-corrected chi connectivity index (χ3v) is 18.7. The lowest BCUT2D eigenvalue weighted by Crippen LogP contribution is -2.37. The van der Waals surface area contributed by atoms with Crippen LogP contribution in [0.3, 0.4) is 0 Å². The summed E-state index contributed by atoms with van der Waals surface area (Å²) in [5.41, 5.74) is 0. The second kappa shape index (κ2) is 68.8. The van der Waals surface area contributed by atoms with Gasteiger partial charge in [0.05, 0.1) is 27.7 Å². The van der Waals surface area contributed by atoms with E-state index >= 15 is 0 Å². The monoisotopic (exact) mass is 1250 g/mol. The first kappa shape index (κ1) is 85.5. The van der Waals surface area contributed by atoms with E-state index in [0.29, 0.717) is 17.4 Å². The number of phosphoric ester groups is 1. The van der Waals surface area contributed by atoms with Crippen LogP contribution in [0.25, 0.3) is 0 Å². The standard InChI is InChI=1S/C77H150NO8P/c1-6-8-10-12-14-16-18-20-22-24-26-28-30-31-32-33-34-35-36-37-38-39-40-41-42-43-44-45-46-47-48-50-52-54-56-58-60-62-64-66-68-70-77(80)86-75(74-85-87(81,82)84-72-71-78(3,4)5)73-83-76(79)69-67-65-63-61-59-57-55-53-51-49-29-27-25-23-21-19-17-15-13-11-9-7-2/h18,20,24,26,75H,6-17,19,21-23,25,27-74H2,1-5H3/p+1/b20-18-,26-24-. The first-order valence-corrected chi connectivity index (χ1v) is 40.1. The number of nitrogens with zero attached hydrogens (tertiary/aromatic N) is 1. The highest BCUT2D eigenvalue weighted by Gasteiger charge is 2.27. The number of carbonyl (C=O) groups is 2. The van der Waals surface area contributed by atoms with Crippen LogP contribution in [0.5, 0.6) is 0 Å². The fourth-order valence-corrected chi connectivity index (χ4v) is 12.6. The van der Waals surface area contributed by atoms with Gasteiger partial charge in [-0.05, 0) is 44.9 Å². The van der Waals surface area contributed by atoms with Crippen molar-refractivity contribution in [3.8, 4) is 0 Å². The van der Waals surface area contributed by atoms with E-state index in [2.05, 4.69) is 38.2 Å². The summed E-state index contributed by atoms with van der Waals surface area (Å²) in [4.78, 5) is 35.9. The summed E-state index contributed by atoms with van der Waals surface area (Å²) in [7, 11) is 1.51. The summed E-state index contributed by atoms with van der Waals surface area (Å²) in [6.45, 7) is 4.51. The van der Waals surface area contributed by atoms with Crippen molar-refractivity contribution in [3.05, 3.63) is 24.3 Å². The Kier molecular flexibility index (Phi) is 67.7. The Morgan fingerprint density at radius 3 is 0.908 bits per heavy atom. The second-order valence-electron chi connectivity index (χ2n) is 27.8. The average Bonchev–Trinajstić information content (AvgIpc) is 3.50. The quantitative estimate of drug-likeness (QED) is 0.0211. The number of rotatable bonds is 73. The Labute approximate surface area is 542 Å². The summed E-state index contributed by atoms with van der Waals surface area (Å²) >= 11 is 0. The minimum absolute atomic E-state index is 0.0366. The number of likely N-dealkylation sites (N-methyl/N-ethyl adjacent to an activating group) is 1. The van der Waals surface area contributed by atoms with Crippen molar-refractivity contribution in [2.75, 3.05) is 47.5 Å². The maximum Gasteiger partial charge on any atom is 0.472 e. The molecule has 0 spiro atoms. The molecule has 516 valence electrons. The van der Waals surface area contributed by atoms with Crippen LogP contribution in [0.15, 0.2) is 24.3 Å². The lowest BCUT2D eigenvalue weighted by Gasteiger charge is -2.24. The van der Waals surface area contributed by atoms with Crippen LogP contribution in [0, 0.1) is 0 Å². The van der Waals surface area contributed by atoms with Crippen LogP contribution >= 0.6 is 7.82 Å². The predicted molar refractivity (Wildman–Crippen MR) is 377 cm³/mol. The molecule has 0 aromatic carbocycles. The lowest BCUT2D eigenvalue weighted by molar-refractivity contribution is -0.870. The zero-order valence-electron chi connectivity index (χ0n) is 59.0. The normalized spacial score (nSPS) is 13.1. The van der Waals surface area contributed by atoms with Crippen LogP contribution in [0.2, 0.25) is 0 Å². The van der Waals surface area contributed by atoms with Crippen LogP contribution in [0.4, 0.5) is 0 Å². The van der Waals surface area contributed by atoms with Crippen molar-refractivity contribution in [1.82, 2.24) is 0 Å². The Hall–Kier alpha value is -1.51. The molecule has 87 heavy (non-hydrogen) atoms. The molecule has 10 heteroatoms. The molecule has 2 unspecified atom stereocenters. The van der Waals surface area contributed by atoms with Crippen molar-refractivity contribution in [2.24, 2.45) is 0 Å². The van der Waals surface area contributed by atoms with Crippen molar-refractivity contribution in [2.45, 2.75) is 412 Å². The first-order valence-electron chi connectivity index (χ1n) is 38.6. The molecule has 0 aliphatic rings. The average molecular weight is 1250 g/mol. The van der Waals surface area contributed by atoms with Crippen LogP contribution < -0.4 is 0 Å². The fraction of sp³-hybridized carbons (Fsp3) is 0.922. The largest absolute Gasteiger partial charge is 0.472 e. The Bertz CT molecular complexity index is 1510. The van der Waals surface area contributed by atoms with Gasteiger partial charge in [-0.2, -0.15) is 0 Å². The summed E-state index contributed by atoms with van der Waals surface area (Å²) in [6, 6.07) is 0. The SMILES string of the molecule is CCCCCCC/C=C\C/C=C\CCCCCCCCCCCCCCCCCCCCCCCCCCCCCCCC(=O)OC(COC(=O)CCCCCCCCCCCCCCCCCCCCCCCC)COP(=O)(O)OCC[N+](C)(C)C. The first-order chi connectivity index (χ1) is 42.5. The van der Waals surface area contributed by atoms with Gasteiger partial charge in [-0.15, -0.1) is 0 Å². The third kappa shape index (κ3) is 73.4. The molecule has 0 heterocycles. The highest BCUT2D eigenvalue weighted by Crippen LogP contribution is 2.43. The zero-order valence-corrected chi connectivity index (χ0v) is 59.9. The number of ether oxygens (including phenoxy) is 2. The molecule has 0 saturated carbocycles. The number of phosphoric acid groups is 1. The fourth-order valence-electron chi connectivity index (χ4n) is 11.8. The zero-order chi connectivity index (χ0) is 63.4. The second-order valence-corrected chi connectivity index (χ2v) is 29.2. The van der Waals surface area contributed by atoms with Crippen LogP contribution in [-0.4, -0.2) is 74.9 Å². The molecule has 0 saturated heterocycles. The van der Waals surface area contributed by atoms with E-state index in [0.717, 1.165) is 44.9 Å². The predicted octanol–water partition coefficient (Wildman–Crippen LogP) is 25.2. The Morgan fingerprint density at radius 2 is 0.621 bits per heavy atom. The molecule has 0 aliphatic carbocycles. The van der Waals surface area contributed by atoms with Gasteiger partial charge >= 0.3 is 19.8 Å². The molecule has 0 aromatic heterocycles. The molecule has 0 fully saturated rings. The minimum atomic E-state index is -4.39.